The second-order valence-electron chi connectivity index (χ2n) is 5.36. The topological polar surface area (TPSA) is 47.6 Å². The Bertz CT molecular complexity index is 665. The van der Waals surface area contributed by atoms with Gasteiger partial charge in [-0.25, -0.2) is 0 Å². The Morgan fingerprint density at radius 1 is 1.08 bits per heavy atom. The number of rotatable bonds is 9. The third-order valence-corrected chi connectivity index (χ3v) is 3.60. The summed E-state index contributed by atoms with van der Waals surface area (Å²) in [7, 11) is 0. The van der Waals surface area contributed by atoms with Crippen LogP contribution in [-0.4, -0.2) is 19.1 Å². The van der Waals surface area contributed by atoms with Gasteiger partial charge in [-0.05, 0) is 24.6 Å². The molecule has 2 aromatic carbocycles. The van der Waals surface area contributed by atoms with Crippen molar-refractivity contribution in [2.24, 2.45) is 0 Å². The second-order valence-corrected chi connectivity index (χ2v) is 5.36. The zero-order valence-corrected chi connectivity index (χ0v) is 14.0. The molecule has 0 aliphatic rings. The number of nitrogens with one attached hydrogen (secondary N) is 1. The zero-order valence-electron chi connectivity index (χ0n) is 14.0. The van der Waals surface area contributed by atoms with Gasteiger partial charge in [0, 0.05) is 5.56 Å². The molecule has 0 aromatic heterocycles. The smallest absolute Gasteiger partial charge is 0.387 e. The molecule has 2 aromatic rings. The molecule has 1 amide bonds. The van der Waals surface area contributed by atoms with Crippen LogP contribution in [0.25, 0.3) is 0 Å². The fraction of sp³-hybridized carbons (Fsp3) is 0.316. The lowest BCUT2D eigenvalue weighted by atomic mass is 10.0. The lowest BCUT2D eigenvalue weighted by Crippen LogP contribution is -2.29. The minimum absolute atomic E-state index is 0.0742. The second kappa shape index (κ2) is 9.61. The summed E-state index contributed by atoms with van der Waals surface area (Å²) >= 11 is 0. The molecule has 6 heteroatoms. The van der Waals surface area contributed by atoms with Crippen molar-refractivity contribution in [3.63, 3.8) is 0 Å². The number of alkyl halides is 2. The predicted molar refractivity (Wildman–Crippen MR) is 90.8 cm³/mol. The lowest BCUT2D eigenvalue weighted by Gasteiger charge is -2.20. The highest BCUT2D eigenvalue weighted by Gasteiger charge is 2.18. The standard InChI is InChI=1S/C19H21F2NO3/c1-2-16(15-10-6-7-11-17(15)25-19(20)21)22-18(23)12-13-24-14-8-4-3-5-9-14/h3-11,16,19H,2,12-13H2,1H3,(H,22,23)/t16-/m1/s1. The van der Waals surface area contributed by atoms with Gasteiger partial charge in [0.15, 0.2) is 0 Å². The van der Waals surface area contributed by atoms with Crippen molar-refractivity contribution in [3.8, 4) is 11.5 Å². The summed E-state index contributed by atoms with van der Waals surface area (Å²) < 4.78 is 35.1. The number of para-hydroxylation sites is 2. The maximum absolute atomic E-state index is 12.5. The van der Waals surface area contributed by atoms with Crippen LogP contribution in [0.2, 0.25) is 0 Å². The highest BCUT2D eigenvalue weighted by Crippen LogP contribution is 2.28. The largest absolute Gasteiger partial charge is 0.493 e. The third-order valence-electron chi connectivity index (χ3n) is 3.60. The summed E-state index contributed by atoms with van der Waals surface area (Å²) in [5.74, 6) is 0.554. The van der Waals surface area contributed by atoms with Gasteiger partial charge in [0.25, 0.3) is 0 Å². The zero-order chi connectivity index (χ0) is 18.1. The summed E-state index contributed by atoms with van der Waals surface area (Å²) in [5, 5.41) is 2.84. The maximum atomic E-state index is 12.5. The lowest BCUT2D eigenvalue weighted by molar-refractivity contribution is -0.122. The molecule has 25 heavy (non-hydrogen) atoms. The molecule has 0 spiro atoms. The summed E-state index contributed by atoms with van der Waals surface area (Å²) in [4.78, 5) is 12.1. The molecule has 0 aliphatic heterocycles. The van der Waals surface area contributed by atoms with Gasteiger partial charge in [0.2, 0.25) is 5.91 Å². The Morgan fingerprint density at radius 2 is 1.76 bits per heavy atom. The Balaban J connectivity index is 1.91. The minimum atomic E-state index is -2.91. The SMILES string of the molecule is CC[C@@H](NC(=O)CCOc1ccccc1)c1ccccc1OC(F)F. The molecule has 4 nitrogen and oxygen atoms in total. The van der Waals surface area contributed by atoms with Crippen LogP contribution in [0.3, 0.4) is 0 Å². The maximum Gasteiger partial charge on any atom is 0.387 e. The van der Waals surface area contributed by atoms with Crippen LogP contribution in [0.1, 0.15) is 31.4 Å². The Labute approximate surface area is 145 Å². The van der Waals surface area contributed by atoms with E-state index in [1.54, 1.807) is 18.2 Å². The van der Waals surface area contributed by atoms with Crippen LogP contribution in [0.15, 0.2) is 54.6 Å². The first-order chi connectivity index (χ1) is 12.1. The monoisotopic (exact) mass is 349 g/mol. The Morgan fingerprint density at radius 3 is 2.44 bits per heavy atom. The molecule has 0 aliphatic carbocycles. The number of carbonyl (C=O) groups excluding carboxylic acids is 1. The van der Waals surface area contributed by atoms with E-state index in [1.807, 2.05) is 37.3 Å². The molecule has 0 saturated heterocycles. The van der Waals surface area contributed by atoms with Crippen LogP contribution in [0.4, 0.5) is 8.78 Å². The molecule has 2 rings (SSSR count). The van der Waals surface area contributed by atoms with Gasteiger partial charge in [0.05, 0.1) is 19.1 Å². The number of hydrogen-bond acceptors (Lipinski definition) is 3. The van der Waals surface area contributed by atoms with Crippen LogP contribution >= 0.6 is 0 Å². The van der Waals surface area contributed by atoms with Gasteiger partial charge in [-0.1, -0.05) is 43.3 Å². The highest BCUT2D eigenvalue weighted by molar-refractivity contribution is 5.76. The van der Waals surface area contributed by atoms with Gasteiger partial charge in [-0.2, -0.15) is 8.78 Å². The number of halogens is 2. The van der Waals surface area contributed by atoms with Crippen LogP contribution in [0, 0.1) is 0 Å². The van der Waals surface area contributed by atoms with Crippen LogP contribution in [0.5, 0.6) is 11.5 Å². The van der Waals surface area contributed by atoms with Crippen molar-refractivity contribution in [2.45, 2.75) is 32.4 Å². The van der Waals surface area contributed by atoms with Gasteiger partial charge >= 0.3 is 6.61 Å². The van der Waals surface area contributed by atoms with Crippen molar-refractivity contribution >= 4 is 5.91 Å². The van der Waals surface area contributed by atoms with Crippen molar-refractivity contribution in [1.82, 2.24) is 5.32 Å². The van der Waals surface area contributed by atoms with E-state index in [4.69, 9.17) is 4.74 Å². The van der Waals surface area contributed by atoms with E-state index in [9.17, 15) is 13.6 Å². The third kappa shape index (κ3) is 6.06. The van der Waals surface area contributed by atoms with Gasteiger partial charge in [-0.15, -0.1) is 0 Å². The van der Waals surface area contributed by atoms with E-state index < -0.39 is 12.7 Å². The summed E-state index contributed by atoms with van der Waals surface area (Å²) in [6.45, 7) is -0.805. The van der Waals surface area contributed by atoms with E-state index in [-0.39, 0.29) is 24.7 Å². The Kier molecular flexibility index (Phi) is 7.19. The molecule has 1 atom stereocenters. The van der Waals surface area contributed by atoms with E-state index >= 15 is 0 Å². The molecule has 0 bridgehead atoms. The summed E-state index contributed by atoms with van der Waals surface area (Å²) in [6.07, 6.45) is 0.720. The van der Waals surface area contributed by atoms with Crippen LogP contribution in [-0.2, 0) is 4.79 Å². The van der Waals surface area contributed by atoms with Crippen molar-refractivity contribution in [1.29, 1.82) is 0 Å². The average molecular weight is 349 g/mol. The number of ether oxygens (including phenoxy) is 2. The molecule has 0 radical (unpaired) electrons. The first kappa shape index (κ1) is 18.7. The minimum Gasteiger partial charge on any atom is -0.493 e. The average Bonchev–Trinajstić information content (AvgIpc) is 2.61. The number of hydrogen-bond donors (Lipinski definition) is 1. The molecular weight excluding hydrogens is 328 g/mol. The molecule has 0 saturated carbocycles. The Hall–Kier alpha value is -2.63. The van der Waals surface area contributed by atoms with Crippen molar-refractivity contribution < 1.29 is 23.0 Å². The van der Waals surface area contributed by atoms with E-state index in [0.717, 1.165) is 0 Å². The fourth-order valence-corrected chi connectivity index (χ4v) is 2.42. The first-order valence-corrected chi connectivity index (χ1v) is 8.11. The number of amides is 1. The summed E-state index contributed by atoms with van der Waals surface area (Å²) in [5.41, 5.74) is 0.530. The summed E-state index contributed by atoms with van der Waals surface area (Å²) in [6, 6.07) is 15.3. The quantitative estimate of drug-likeness (QED) is 0.733. The van der Waals surface area contributed by atoms with E-state index in [2.05, 4.69) is 10.1 Å². The molecule has 0 unspecified atom stereocenters. The first-order valence-electron chi connectivity index (χ1n) is 8.11. The molecule has 0 heterocycles. The van der Waals surface area contributed by atoms with Crippen molar-refractivity contribution in [2.75, 3.05) is 6.61 Å². The van der Waals surface area contributed by atoms with E-state index in [1.165, 1.54) is 6.07 Å². The molecule has 134 valence electrons. The normalized spacial score (nSPS) is 11.8. The molecule has 0 fully saturated rings. The van der Waals surface area contributed by atoms with Gasteiger partial charge < -0.3 is 14.8 Å². The molecular formula is C19H21F2NO3. The van der Waals surface area contributed by atoms with E-state index in [0.29, 0.717) is 17.7 Å². The van der Waals surface area contributed by atoms with Crippen LogP contribution < -0.4 is 14.8 Å². The fourth-order valence-electron chi connectivity index (χ4n) is 2.42. The number of carbonyl (C=O) groups is 1. The van der Waals surface area contributed by atoms with Crippen molar-refractivity contribution in [3.05, 3.63) is 60.2 Å². The number of benzene rings is 2. The molecule has 1 N–H and O–H groups in total. The highest BCUT2D eigenvalue weighted by atomic mass is 19.3. The van der Waals surface area contributed by atoms with Gasteiger partial charge in [0.1, 0.15) is 11.5 Å². The predicted octanol–water partition coefficient (Wildman–Crippen LogP) is 4.32. The van der Waals surface area contributed by atoms with Gasteiger partial charge in [-0.3, -0.25) is 4.79 Å².